The summed E-state index contributed by atoms with van der Waals surface area (Å²) in [5, 5.41) is 2.64. The number of benzene rings is 1. The van der Waals surface area contributed by atoms with Crippen LogP contribution in [0.4, 0.5) is 5.82 Å². The largest absolute Gasteiger partial charge is 0.493 e. The number of nitrogen functional groups attached to an aromatic ring is 1. The first kappa shape index (κ1) is 10.8. The minimum atomic E-state index is 0.405. The Hall–Kier alpha value is -1.75. The fourth-order valence-corrected chi connectivity index (χ4v) is 1.86. The van der Waals surface area contributed by atoms with Gasteiger partial charge in [0.15, 0.2) is 11.5 Å². The number of aromatic nitrogens is 1. The molecule has 16 heavy (non-hydrogen) atoms. The summed E-state index contributed by atoms with van der Waals surface area (Å²) in [7, 11) is 1.61. The molecule has 2 rings (SSSR count). The minimum absolute atomic E-state index is 0.405. The lowest BCUT2D eigenvalue weighted by Gasteiger charge is -2.08. The summed E-state index contributed by atoms with van der Waals surface area (Å²) >= 11 is 1.48. The van der Waals surface area contributed by atoms with Crippen LogP contribution in [-0.2, 0) is 6.61 Å². The number of methoxy groups -OCH3 is 1. The maximum atomic E-state index is 5.59. The summed E-state index contributed by atoms with van der Waals surface area (Å²) in [6, 6.07) is 7.50. The second kappa shape index (κ2) is 4.85. The zero-order valence-corrected chi connectivity index (χ0v) is 9.66. The molecule has 1 aromatic carbocycles. The van der Waals surface area contributed by atoms with E-state index in [4.69, 9.17) is 15.2 Å². The Labute approximate surface area is 97.6 Å². The predicted octanol–water partition coefficient (Wildman–Crippen LogP) is 2.31. The highest BCUT2D eigenvalue weighted by Gasteiger charge is 2.04. The van der Waals surface area contributed by atoms with Crippen molar-refractivity contribution in [3.63, 3.8) is 0 Å². The highest BCUT2D eigenvalue weighted by Crippen LogP contribution is 2.27. The zero-order valence-electron chi connectivity index (χ0n) is 8.84. The van der Waals surface area contributed by atoms with Crippen LogP contribution in [0.1, 0.15) is 5.01 Å². The van der Waals surface area contributed by atoms with Gasteiger partial charge < -0.3 is 15.2 Å². The van der Waals surface area contributed by atoms with Crippen LogP contribution in [0.15, 0.2) is 29.6 Å². The van der Waals surface area contributed by atoms with Gasteiger partial charge in [-0.2, -0.15) is 0 Å². The van der Waals surface area contributed by atoms with Crippen LogP contribution in [0, 0.1) is 0 Å². The van der Waals surface area contributed by atoms with Crippen molar-refractivity contribution in [2.24, 2.45) is 0 Å². The third-order valence-corrected chi connectivity index (χ3v) is 2.83. The number of rotatable bonds is 4. The van der Waals surface area contributed by atoms with Crippen molar-refractivity contribution >= 4 is 17.2 Å². The molecule has 0 unspecified atom stereocenters. The first-order valence-electron chi connectivity index (χ1n) is 4.75. The number of hydrogen-bond acceptors (Lipinski definition) is 5. The molecule has 0 fully saturated rings. The van der Waals surface area contributed by atoms with Crippen LogP contribution in [0.3, 0.4) is 0 Å². The van der Waals surface area contributed by atoms with E-state index in [1.807, 2.05) is 24.3 Å². The lowest BCUT2D eigenvalue weighted by molar-refractivity contribution is 0.284. The Morgan fingerprint density at radius 1 is 1.31 bits per heavy atom. The van der Waals surface area contributed by atoms with Gasteiger partial charge >= 0.3 is 0 Å². The van der Waals surface area contributed by atoms with Gasteiger partial charge in [0.25, 0.3) is 0 Å². The molecule has 0 spiro atoms. The fourth-order valence-electron chi connectivity index (χ4n) is 1.27. The highest BCUT2D eigenvalue weighted by molar-refractivity contribution is 7.09. The first-order valence-corrected chi connectivity index (χ1v) is 5.63. The summed E-state index contributed by atoms with van der Waals surface area (Å²) < 4.78 is 10.8. The average molecular weight is 236 g/mol. The summed E-state index contributed by atoms with van der Waals surface area (Å²) in [5.41, 5.74) is 5.52. The number of nitrogens with zero attached hydrogens (tertiary/aromatic N) is 1. The number of hydrogen-bond donors (Lipinski definition) is 1. The lowest BCUT2D eigenvalue weighted by atomic mass is 10.3. The second-order valence-corrected chi connectivity index (χ2v) is 4.05. The maximum Gasteiger partial charge on any atom is 0.161 e. The molecule has 2 N–H and O–H groups in total. The predicted molar refractivity (Wildman–Crippen MR) is 63.9 cm³/mol. The van der Waals surface area contributed by atoms with Gasteiger partial charge in [0.1, 0.15) is 17.4 Å². The van der Waals surface area contributed by atoms with E-state index < -0.39 is 0 Å². The molecule has 0 saturated carbocycles. The maximum absolute atomic E-state index is 5.59. The van der Waals surface area contributed by atoms with Gasteiger partial charge in [-0.15, -0.1) is 11.3 Å². The molecule has 0 aliphatic rings. The Morgan fingerprint density at radius 3 is 2.69 bits per heavy atom. The molecule has 4 nitrogen and oxygen atoms in total. The van der Waals surface area contributed by atoms with Crippen molar-refractivity contribution in [1.29, 1.82) is 0 Å². The van der Waals surface area contributed by atoms with Crippen LogP contribution < -0.4 is 15.2 Å². The quantitative estimate of drug-likeness (QED) is 0.885. The van der Waals surface area contributed by atoms with E-state index in [1.165, 1.54) is 11.3 Å². The van der Waals surface area contributed by atoms with Gasteiger partial charge in [0.05, 0.1) is 7.11 Å². The second-order valence-electron chi connectivity index (χ2n) is 3.11. The molecule has 0 amide bonds. The lowest BCUT2D eigenvalue weighted by Crippen LogP contribution is -1.97. The van der Waals surface area contributed by atoms with Crippen molar-refractivity contribution in [3.05, 3.63) is 34.7 Å². The van der Waals surface area contributed by atoms with Crippen molar-refractivity contribution in [1.82, 2.24) is 4.98 Å². The third-order valence-electron chi connectivity index (χ3n) is 1.99. The molecule has 5 heteroatoms. The minimum Gasteiger partial charge on any atom is -0.493 e. The molecule has 0 bridgehead atoms. The van der Waals surface area contributed by atoms with Gasteiger partial charge in [-0.1, -0.05) is 12.1 Å². The average Bonchev–Trinajstić information content (AvgIpc) is 2.73. The number of para-hydroxylation sites is 2. The van der Waals surface area contributed by atoms with Crippen molar-refractivity contribution in [3.8, 4) is 11.5 Å². The molecule has 0 atom stereocenters. The van der Waals surface area contributed by atoms with Gasteiger partial charge in [-0.3, -0.25) is 0 Å². The van der Waals surface area contributed by atoms with Crippen LogP contribution in [0.5, 0.6) is 11.5 Å². The number of anilines is 1. The Balaban J connectivity index is 2.04. The van der Waals surface area contributed by atoms with E-state index in [1.54, 1.807) is 12.5 Å². The molecular weight excluding hydrogens is 224 g/mol. The Bertz CT molecular complexity index is 471. The highest BCUT2D eigenvalue weighted by atomic mass is 32.1. The van der Waals surface area contributed by atoms with E-state index in [0.717, 1.165) is 5.01 Å². The van der Waals surface area contributed by atoms with E-state index in [0.29, 0.717) is 23.9 Å². The molecule has 0 aliphatic heterocycles. The Morgan fingerprint density at radius 2 is 2.06 bits per heavy atom. The van der Waals surface area contributed by atoms with Crippen molar-refractivity contribution in [2.75, 3.05) is 12.8 Å². The van der Waals surface area contributed by atoms with Gasteiger partial charge in [0, 0.05) is 5.38 Å². The van der Waals surface area contributed by atoms with E-state index in [9.17, 15) is 0 Å². The molecule has 84 valence electrons. The summed E-state index contributed by atoms with van der Waals surface area (Å²) in [6.07, 6.45) is 0. The van der Waals surface area contributed by atoms with Gasteiger partial charge in [-0.25, -0.2) is 4.98 Å². The molecule has 1 aromatic heterocycles. The monoisotopic (exact) mass is 236 g/mol. The summed E-state index contributed by atoms with van der Waals surface area (Å²) in [4.78, 5) is 4.11. The van der Waals surface area contributed by atoms with Crippen LogP contribution >= 0.6 is 11.3 Å². The SMILES string of the molecule is COc1ccccc1OCc1nc(N)cs1. The van der Waals surface area contributed by atoms with Crippen molar-refractivity contribution in [2.45, 2.75) is 6.61 Å². The zero-order chi connectivity index (χ0) is 11.4. The standard InChI is InChI=1S/C11H12N2O2S/c1-14-8-4-2-3-5-9(8)15-6-11-13-10(12)7-16-11/h2-5,7H,6,12H2,1H3. The van der Waals surface area contributed by atoms with Gasteiger partial charge in [-0.05, 0) is 12.1 Å². The van der Waals surface area contributed by atoms with Crippen LogP contribution in [-0.4, -0.2) is 12.1 Å². The number of nitrogens with two attached hydrogens (primary N) is 1. The fraction of sp³-hybridized carbons (Fsp3) is 0.182. The van der Waals surface area contributed by atoms with Crippen LogP contribution in [0.25, 0.3) is 0 Å². The number of thiazole rings is 1. The van der Waals surface area contributed by atoms with Crippen LogP contribution in [0.2, 0.25) is 0 Å². The summed E-state index contributed by atoms with van der Waals surface area (Å²) in [5.74, 6) is 1.95. The molecule has 0 aliphatic carbocycles. The number of ether oxygens (including phenoxy) is 2. The van der Waals surface area contributed by atoms with E-state index in [2.05, 4.69) is 4.98 Å². The normalized spacial score (nSPS) is 10.1. The smallest absolute Gasteiger partial charge is 0.161 e. The third kappa shape index (κ3) is 2.43. The topological polar surface area (TPSA) is 57.4 Å². The molecule has 1 heterocycles. The molecule has 2 aromatic rings. The van der Waals surface area contributed by atoms with E-state index in [-0.39, 0.29) is 0 Å². The molecule has 0 radical (unpaired) electrons. The Kier molecular flexibility index (Phi) is 3.26. The van der Waals surface area contributed by atoms with E-state index >= 15 is 0 Å². The molecule has 0 saturated heterocycles. The first-order chi connectivity index (χ1) is 7.79. The molecular formula is C11H12N2O2S. The summed E-state index contributed by atoms with van der Waals surface area (Å²) in [6.45, 7) is 0.405. The van der Waals surface area contributed by atoms with Gasteiger partial charge in [0.2, 0.25) is 0 Å². The van der Waals surface area contributed by atoms with Crippen molar-refractivity contribution < 1.29 is 9.47 Å².